The molecule has 84 valence electrons. The Morgan fingerprint density at radius 1 is 0.857 bits per heavy atom. The minimum Gasteiger partial charge on any atom is -0.314 e. The Bertz CT molecular complexity index is 173. The Hall–Kier alpha value is -0.0800. The van der Waals surface area contributed by atoms with Crippen LogP contribution >= 0.6 is 0 Å². The van der Waals surface area contributed by atoms with Crippen LogP contribution in [-0.4, -0.2) is 25.2 Å². The average Bonchev–Trinajstić information content (AvgIpc) is 2.02. The summed E-state index contributed by atoms with van der Waals surface area (Å²) >= 11 is 0. The van der Waals surface area contributed by atoms with Crippen LogP contribution in [0.4, 0.5) is 0 Å². The zero-order valence-electron chi connectivity index (χ0n) is 10.6. The summed E-state index contributed by atoms with van der Waals surface area (Å²) in [5.74, 6) is 0. The van der Waals surface area contributed by atoms with Crippen LogP contribution in [0.25, 0.3) is 0 Å². The summed E-state index contributed by atoms with van der Waals surface area (Å²) in [6.45, 7) is 17.2. The molecule has 1 aliphatic rings. The van der Waals surface area contributed by atoms with Gasteiger partial charge in [0.25, 0.3) is 0 Å². The van der Waals surface area contributed by atoms with E-state index in [0.29, 0.717) is 0 Å². The smallest absolute Gasteiger partial charge is 0.0404 e. The second-order valence-corrected chi connectivity index (χ2v) is 6.51. The van der Waals surface area contributed by atoms with E-state index < -0.39 is 0 Å². The largest absolute Gasteiger partial charge is 0.314 e. The van der Waals surface area contributed by atoms with Gasteiger partial charge in [-0.05, 0) is 10.8 Å². The molecule has 0 aromatic heterocycles. The third-order valence-electron chi connectivity index (χ3n) is 3.68. The van der Waals surface area contributed by atoms with Crippen LogP contribution in [0.2, 0.25) is 0 Å². The van der Waals surface area contributed by atoms with E-state index in [0.717, 1.165) is 19.6 Å². The lowest BCUT2D eigenvalue weighted by molar-refractivity contribution is 0.00971. The Balaban J connectivity index is 3.01. The summed E-state index contributed by atoms with van der Waals surface area (Å²) in [4.78, 5) is 0. The van der Waals surface area contributed by atoms with Gasteiger partial charge in [0.1, 0.15) is 0 Å². The molecule has 0 bridgehead atoms. The lowest BCUT2D eigenvalue weighted by atomic mass is 9.59. The topological polar surface area (TPSA) is 24.1 Å². The molecule has 1 aliphatic heterocycles. The third kappa shape index (κ3) is 1.82. The molecule has 1 saturated heterocycles. The molecule has 0 saturated carbocycles. The highest BCUT2D eigenvalue weighted by molar-refractivity contribution is 5.08. The molecule has 0 aromatic carbocycles. The molecule has 2 heteroatoms. The predicted octanol–water partition coefficient (Wildman–Crippen LogP) is 2.01. The van der Waals surface area contributed by atoms with Crippen molar-refractivity contribution >= 4 is 0 Å². The van der Waals surface area contributed by atoms with Crippen LogP contribution in [0.5, 0.6) is 0 Å². The number of hydrogen-bond acceptors (Lipinski definition) is 2. The maximum absolute atomic E-state index is 3.75. The van der Waals surface area contributed by atoms with Gasteiger partial charge < -0.3 is 10.6 Å². The van der Waals surface area contributed by atoms with E-state index in [4.69, 9.17) is 0 Å². The highest BCUT2D eigenvalue weighted by atomic mass is 15.1. The van der Waals surface area contributed by atoms with Crippen molar-refractivity contribution in [2.24, 2.45) is 10.8 Å². The van der Waals surface area contributed by atoms with Crippen LogP contribution in [0.3, 0.4) is 0 Å². The molecule has 1 fully saturated rings. The van der Waals surface area contributed by atoms with Crippen LogP contribution in [0.1, 0.15) is 41.5 Å². The highest BCUT2D eigenvalue weighted by Gasteiger charge is 2.50. The van der Waals surface area contributed by atoms with Gasteiger partial charge in [-0.1, -0.05) is 41.5 Å². The summed E-state index contributed by atoms with van der Waals surface area (Å²) in [6.07, 6.45) is 0. The van der Waals surface area contributed by atoms with E-state index in [1.807, 2.05) is 0 Å². The van der Waals surface area contributed by atoms with E-state index in [1.165, 1.54) is 0 Å². The normalized spacial score (nSPS) is 23.6. The second-order valence-electron chi connectivity index (χ2n) is 6.51. The average molecular weight is 198 g/mol. The number of nitrogens with one attached hydrogen (secondary N) is 2. The zero-order valence-corrected chi connectivity index (χ0v) is 10.6. The number of hydrogen-bond donors (Lipinski definition) is 2. The van der Waals surface area contributed by atoms with Crippen molar-refractivity contribution in [2.45, 2.75) is 47.1 Å². The van der Waals surface area contributed by atoms with Crippen molar-refractivity contribution in [1.82, 2.24) is 10.6 Å². The quantitative estimate of drug-likeness (QED) is 0.622. The Morgan fingerprint density at radius 3 is 1.57 bits per heavy atom. The summed E-state index contributed by atoms with van der Waals surface area (Å²) in [7, 11) is 0. The minimum absolute atomic E-state index is 0.193. The lowest BCUT2D eigenvalue weighted by Crippen LogP contribution is -2.71. The molecule has 1 heterocycles. The van der Waals surface area contributed by atoms with Crippen LogP contribution in [0.15, 0.2) is 0 Å². The molecule has 0 unspecified atom stereocenters. The molecule has 2 N–H and O–H groups in total. The first-order valence-electron chi connectivity index (χ1n) is 5.66. The highest BCUT2D eigenvalue weighted by Crippen LogP contribution is 2.43. The zero-order chi connectivity index (χ0) is 11.0. The standard InChI is InChI=1S/C12H26N2/c1-10(2,3)12(11(4,5)6)9-13-7-8-14-12/h13-14H,7-9H2,1-6H3. The fourth-order valence-electron chi connectivity index (χ4n) is 2.89. The van der Waals surface area contributed by atoms with Gasteiger partial charge in [-0.3, -0.25) is 0 Å². The molecular weight excluding hydrogens is 172 g/mol. The molecule has 0 spiro atoms. The molecule has 14 heavy (non-hydrogen) atoms. The van der Waals surface area contributed by atoms with Crippen molar-refractivity contribution in [2.75, 3.05) is 19.6 Å². The molecule has 1 rings (SSSR count). The maximum Gasteiger partial charge on any atom is 0.0404 e. The summed E-state index contributed by atoms with van der Waals surface area (Å²) in [6, 6.07) is 0. The van der Waals surface area contributed by atoms with E-state index in [2.05, 4.69) is 52.2 Å². The minimum atomic E-state index is 0.193. The molecule has 0 aromatic rings. The first kappa shape index (κ1) is 12.0. The van der Waals surface area contributed by atoms with Gasteiger partial charge in [0.15, 0.2) is 0 Å². The van der Waals surface area contributed by atoms with Crippen molar-refractivity contribution in [3.8, 4) is 0 Å². The van der Waals surface area contributed by atoms with E-state index in [1.54, 1.807) is 0 Å². The second kappa shape index (κ2) is 3.49. The fraction of sp³-hybridized carbons (Fsp3) is 1.00. The van der Waals surface area contributed by atoms with Crippen molar-refractivity contribution in [3.05, 3.63) is 0 Å². The van der Waals surface area contributed by atoms with Crippen molar-refractivity contribution < 1.29 is 0 Å². The molecular formula is C12H26N2. The monoisotopic (exact) mass is 198 g/mol. The lowest BCUT2D eigenvalue weighted by Gasteiger charge is -2.56. The van der Waals surface area contributed by atoms with E-state index >= 15 is 0 Å². The first-order chi connectivity index (χ1) is 6.21. The molecule has 0 amide bonds. The molecule has 0 radical (unpaired) electrons. The SMILES string of the molecule is CC(C)(C)C1(C(C)(C)C)CNCCN1. The van der Waals surface area contributed by atoms with E-state index in [-0.39, 0.29) is 16.4 Å². The van der Waals surface area contributed by atoms with Crippen molar-refractivity contribution in [1.29, 1.82) is 0 Å². The van der Waals surface area contributed by atoms with E-state index in [9.17, 15) is 0 Å². The fourth-order valence-corrected chi connectivity index (χ4v) is 2.89. The summed E-state index contributed by atoms with van der Waals surface area (Å²) in [5, 5.41) is 7.28. The first-order valence-corrected chi connectivity index (χ1v) is 5.66. The Morgan fingerprint density at radius 2 is 1.36 bits per heavy atom. The van der Waals surface area contributed by atoms with Gasteiger partial charge in [-0.25, -0.2) is 0 Å². The number of piperazine rings is 1. The van der Waals surface area contributed by atoms with Crippen molar-refractivity contribution in [3.63, 3.8) is 0 Å². The summed E-state index contributed by atoms with van der Waals surface area (Å²) in [5.41, 5.74) is 0.746. The van der Waals surface area contributed by atoms with Gasteiger partial charge in [-0.15, -0.1) is 0 Å². The van der Waals surface area contributed by atoms with Gasteiger partial charge >= 0.3 is 0 Å². The summed E-state index contributed by atoms with van der Waals surface area (Å²) < 4.78 is 0. The van der Waals surface area contributed by atoms with Gasteiger partial charge in [-0.2, -0.15) is 0 Å². The van der Waals surface area contributed by atoms with Gasteiger partial charge in [0.05, 0.1) is 0 Å². The molecule has 0 aliphatic carbocycles. The Labute approximate surface area is 88.8 Å². The molecule has 0 atom stereocenters. The van der Waals surface area contributed by atoms with Crippen LogP contribution in [-0.2, 0) is 0 Å². The van der Waals surface area contributed by atoms with Crippen LogP contribution < -0.4 is 10.6 Å². The van der Waals surface area contributed by atoms with Crippen LogP contribution in [0, 0.1) is 10.8 Å². The van der Waals surface area contributed by atoms with Gasteiger partial charge in [0.2, 0.25) is 0 Å². The molecule has 2 nitrogen and oxygen atoms in total. The number of rotatable bonds is 0. The predicted molar refractivity (Wildman–Crippen MR) is 62.5 cm³/mol. The maximum atomic E-state index is 3.75. The van der Waals surface area contributed by atoms with Gasteiger partial charge in [0, 0.05) is 25.2 Å². The third-order valence-corrected chi connectivity index (χ3v) is 3.68. The Kier molecular flexibility index (Phi) is 2.99.